The van der Waals surface area contributed by atoms with Gasteiger partial charge in [-0.3, -0.25) is 0 Å². The number of aliphatic imine (C=N–C) groups is 1. The molecule has 0 saturated carbocycles. The maximum Gasteiger partial charge on any atom is 0.191 e. The molecule has 0 amide bonds. The zero-order valence-electron chi connectivity index (χ0n) is 15.4. The fourth-order valence-electron chi connectivity index (χ4n) is 2.34. The molecule has 0 fully saturated rings. The predicted molar refractivity (Wildman–Crippen MR) is 103 cm³/mol. The van der Waals surface area contributed by atoms with Gasteiger partial charge in [0, 0.05) is 38.9 Å². The quantitative estimate of drug-likeness (QED) is 0.598. The van der Waals surface area contributed by atoms with Gasteiger partial charge in [-0.1, -0.05) is 18.2 Å². The lowest BCUT2D eigenvalue weighted by Gasteiger charge is -2.14. The van der Waals surface area contributed by atoms with Crippen LogP contribution in [0.2, 0.25) is 0 Å². The SMILES string of the molecule is CCNC(=NCc1ccnc(N(C)C)c1)NCc1ccccc1OC. The van der Waals surface area contributed by atoms with Crippen LogP contribution in [0.5, 0.6) is 5.75 Å². The molecule has 2 rings (SSSR count). The summed E-state index contributed by atoms with van der Waals surface area (Å²) in [7, 11) is 5.65. The summed E-state index contributed by atoms with van der Waals surface area (Å²) in [6.45, 7) is 4.09. The van der Waals surface area contributed by atoms with Crippen LogP contribution < -0.4 is 20.3 Å². The smallest absolute Gasteiger partial charge is 0.191 e. The summed E-state index contributed by atoms with van der Waals surface area (Å²) in [4.78, 5) is 11.0. The van der Waals surface area contributed by atoms with Crippen molar-refractivity contribution in [3.63, 3.8) is 0 Å². The number of nitrogens with one attached hydrogen (secondary N) is 2. The first-order valence-corrected chi connectivity index (χ1v) is 8.40. The van der Waals surface area contributed by atoms with Crippen LogP contribution in [0.25, 0.3) is 0 Å². The normalized spacial score (nSPS) is 11.1. The monoisotopic (exact) mass is 341 g/mol. The number of rotatable bonds is 7. The maximum absolute atomic E-state index is 5.39. The Kier molecular flexibility index (Phi) is 7.07. The number of hydrogen-bond donors (Lipinski definition) is 2. The van der Waals surface area contributed by atoms with Crippen molar-refractivity contribution >= 4 is 11.8 Å². The minimum Gasteiger partial charge on any atom is -0.496 e. The summed E-state index contributed by atoms with van der Waals surface area (Å²) in [6.07, 6.45) is 1.81. The third-order valence-corrected chi connectivity index (χ3v) is 3.67. The number of para-hydroxylation sites is 1. The Morgan fingerprint density at radius 1 is 1.20 bits per heavy atom. The Labute approximate surface area is 149 Å². The minimum absolute atomic E-state index is 0.588. The Morgan fingerprint density at radius 2 is 2.00 bits per heavy atom. The van der Waals surface area contributed by atoms with Crippen molar-refractivity contribution < 1.29 is 4.74 Å². The topological polar surface area (TPSA) is 61.8 Å². The molecule has 0 bridgehead atoms. The number of anilines is 1. The molecule has 1 aromatic heterocycles. The van der Waals surface area contributed by atoms with Gasteiger partial charge in [0.15, 0.2) is 5.96 Å². The lowest BCUT2D eigenvalue weighted by atomic mass is 10.2. The van der Waals surface area contributed by atoms with Gasteiger partial charge in [0.1, 0.15) is 11.6 Å². The molecule has 6 heteroatoms. The van der Waals surface area contributed by atoms with E-state index in [9.17, 15) is 0 Å². The highest BCUT2D eigenvalue weighted by molar-refractivity contribution is 5.79. The predicted octanol–water partition coefficient (Wildman–Crippen LogP) is 2.41. The zero-order chi connectivity index (χ0) is 18.1. The lowest BCUT2D eigenvalue weighted by molar-refractivity contribution is 0.409. The Morgan fingerprint density at radius 3 is 2.72 bits per heavy atom. The third-order valence-electron chi connectivity index (χ3n) is 3.67. The molecule has 0 atom stereocenters. The van der Waals surface area contributed by atoms with Crippen LogP contribution in [0.1, 0.15) is 18.1 Å². The fourth-order valence-corrected chi connectivity index (χ4v) is 2.34. The number of ether oxygens (including phenoxy) is 1. The molecule has 0 spiro atoms. The van der Waals surface area contributed by atoms with Gasteiger partial charge in [0.05, 0.1) is 13.7 Å². The molecule has 6 nitrogen and oxygen atoms in total. The van der Waals surface area contributed by atoms with Crippen LogP contribution >= 0.6 is 0 Å². The van der Waals surface area contributed by atoms with E-state index in [0.29, 0.717) is 13.1 Å². The number of benzene rings is 1. The van der Waals surface area contributed by atoms with E-state index in [4.69, 9.17) is 4.74 Å². The van der Waals surface area contributed by atoms with Gasteiger partial charge in [0.2, 0.25) is 0 Å². The van der Waals surface area contributed by atoms with E-state index in [1.807, 2.05) is 61.6 Å². The summed E-state index contributed by atoms with van der Waals surface area (Å²) < 4.78 is 5.39. The van der Waals surface area contributed by atoms with Crippen LogP contribution in [0, 0.1) is 0 Å². The number of methoxy groups -OCH3 is 1. The number of pyridine rings is 1. The maximum atomic E-state index is 5.39. The number of guanidine groups is 1. The molecular weight excluding hydrogens is 314 g/mol. The van der Waals surface area contributed by atoms with Crippen molar-refractivity contribution in [1.82, 2.24) is 15.6 Å². The van der Waals surface area contributed by atoms with E-state index in [-0.39, 0.29) is 0 Å². The van der Waals surface area contributed by atoms with Gasteiger partial charge >= 0.3 is 0 Å². The van der Waals surface area contributed by atoms with Gasteiger partial charge in [0.25, 0.3) is 0 Å². The highest BCUT2D eigenvalue weighted by atomic mass is 16.5. The van der Waals surface area contributed by atoms with Crippen LogP contribution in [-0.4, -0.2) is 38.7 Å². The first kappa shape index (κ1) is 18.6. The average Bonchev–Trinajstić information content (AvgIpc) is 2.64. The molecule has 1 heterocycles. The first-order valence-electron chi connectivity index (χ1n) is 8.40. The number of nitrogens with zero attached hydrogens (tertiary/aromatic N) is 3. The second-order valence-corrected chi connectivity index (χ2v) is 5.78. The van der Waals surface area contributed by atoms with Crippen molar-refractivity contribution in [3.8, 4) is 5.75 Å². The summed E-state index contributed by atoms with van der Waals surface area (Å²) in [6, 6.07) is 12.0. The molecule has 0 radical (unpaired) electrons. The van der Waals surface area contributed by atoms with E-state index in [1.54, 1.807) is 7.11 Å². The summed E-state index contributed by atoms with van der Waals surface area (Å²) in [5.41, 5.74) is 2.21. The second-order valence-electron chi connectivity index (χ2n) is 5.78. The highest BCUT2D eigenvalue weighted by Crippen LogP contribution is 2.16. The highest BCUT2D eigenvalue weighted by Gasteiger charge is 2.04. The summed E-state index contributed by atoms with van der Waals surface area (Å²) in [5, 5.41) is 6.62. The van der Waals surface area contributed by atoms with Gasteiger partial charge in [-0.05, 0) is 30.7 Å². The lowest BCUT2D eigenvalue weighted by Crippen LogP contribution is -2.36. The van der Waals surface area contributed by atoms with Gasteiger partial charge < -0.3 is 20.3 Å². The van der Waals surface area contributed by atoms with Crippen molar-refractivity contribution in [1.29, 1.82) is 0 Å². The van der Waals surface area contributed by atoms with Gasteiger partial charge in [-0.15, -0.1) is 0 Å². The van der Waals surface area contributed by atoms with Crippen LogP contribution in [0.15, 0.2) is 47.6 Å². The molecule has 0 aliphatic rings. The van der Waals surface area contributed by atoms with Gasteiger partial charge in [-0.2, -0.15) is 0 Å². The molecule has 25 heavy (non-hydrogen) atoms. The van der Waals surface area contributed by atoms with E-state index in [2.05, 4.69) is 27.5 Å². The molecule has 0 saturated heterocycles. The Bertz CT molecular complexity index is 700. The largest absolute Gasteiger partial charge is 0.496 e. The van der Waals surface area contributed by atoms with Crippen LogP contribution in [0.4, 0.5) is 5.82 Å². The van der Waals surface area contributed by atoms with Crippen molar-refractivity contribution in [2.45, 2.75) is 20.0 Å². The number of hydrogen-bond acceptors (Lipinski definition) is 4. The van der Waals surface area contributed by atoms with E-state index < -0.39 is 0 Å². The fraction of sp³-hybridized carbons (Fsp3) is 0.368. The van der Waals surface area contributed by atoms with Crippen molar-refractivity contribution in [2.24, 2.45) is 4.99 Å². The average molecular weight is 341 g/mol. The second kappa shape index (κ2) is 9.52. The van der Waals surface area contributed by atoms with Crippen molar-refractivity contribution in [3.05, 3.63) is 53.7 Å². The molecule has 1 aromatic carbocycles. The Hall–Kier alpha value is -2.76. The molecular formula is C19H27N5O. The van der Waals surface area contributed by atoms with Crippen LogP contribution in [0.3, 0.4) is 0 Å². The molecule has 2 N–H and O–H groups in total. The molecule has 134 valence electrons. The minimum atomic E-state index is 0.588. The summed E-state index contributed by atoms with van der Waals surface area (Å²) >= 11 is 0. The molecule has 2 aromatic rings. The third kappa shape index (κ3) is 5.67. The van der Waals surface area contributed by atoms with E-state index in [0.717, 1.165) is 35.2 Å². The van der Waals surface area contributed by atoms with E-state index in [1.165, 1.54) is 0 Å². The zero-order valence-corrected chi connectivity index (χ0v) is 15.4. The summed E-state index contributed by atoms with van der Waals surface area (Å²) in [5.74, 6) is 2.58. The number of aromatic nitrogens is 1. The standard InChI is InChI=1S/C19H27N5O/c1-5-20-19(23-14-16-8-6-7-9-17(16)25-4)22-13-15-10-11-21-18(12-15)24(2)3/h6-12H,5,13-14H2,1-4H3,(H2,20,22,23). The van der Waals surface area contributed by atoms with Crippen molar-refractivity contribution in [2.75, 3.05) is 32.6 Å². The van der Waals surface area contributed by atoms with Gasteiger partial charge in [-0.25, -0.2) is 9.98 Å². The molecule has 0 unspecified atom stereocenters. The van der Waals surface area contributed by atoms with Crippen LogP contribution in [-0.2, 0) is 13.1 Å². The molecule has 0 aliphatic carbocycles. The van der Waals surface area contributed by atoms with E-state index >= 15 is 0 Å². The Balaban J connectivity index is 2.04. The first-order chi connectivity index (χ1) is 12.1. The molecule has 0 aliphatic heterocycles.